The number of rotatable bonds is 5. The first-order valence-corrected chi connectivity index (χ1v) is 7.43. The van der Waals surface area contributed by atoms with E-state index in [1.165, 1.54) is 0 Å². The molecule has 0 aromatic heterocycles. The smallest absolute Gasteiger partial charge is 0.291 e. The minimum absolute atomic E-state index is 0.0911. The highest BCUT2D eigenvalue weighted by atomic mass is 79.9. The normalized spacial score (nSPS) is 24.5. The molecule has 2 saturated carbocycles. The predicted octanol–water partition coefficient (Wildman–Crippen LogP) is 3.97. The van der Waals surface area contributed by atoms with E-state index in [-0.39, 0.29) is 11.5 Å². The summed E-state index contributed by atoms with van der Waals surface area (Å²) in [6.45, 7) is -0.116. The first-order chi connectivity index (χ1) is 7.94. The van der Waals surface area contributed by atoms with Crippen LogP contribution in [0.4, 0.5) is 13.2 Å². The van der Waals surface area contributed by atoms with Crippen molar-refractivity contribution in [3.63, 3.8) is 0 Å². The van der Waals surface area contributed by atoms with Crippen LogP contribution < -0.4 is 0 Å². The van der Waals surface area contributed by atoms with Crippen molar-refractivity contribution in [2.75, 3.05) is 18.4 Å². The van der Waals surface area contributed by atoms with E-state index in [9.17, 15) is 13.2 Å². The quantitative estimate of drug-likeness (QED) is 0.694. The van der Waals surface area contributed by atoms with Crippen molar-refractivity contribution >= 4 is 15.9 Å². The summed E-state index contributed by atoms with van der Waals surface area (Å²) in [5.41, 5.74) is 0.0911. The third-order valence-electron chi connectivity index (χ3n) is 3.93. The fraction of sp³-hybridized carbons (Fsp3) is 1.00. The van der Waals surface area contributed by atoms with E-state index in [4.69, 9.17) is 0 Å². The lowest BCUT2D eigenvalue weighted by Crippen LogP contribution is -2.43. The molecule has 5 heteroatoms. The van der Waals surface area contributed by atoms with Crippen molar-refractivity contribution in [2.45, 2.75) is 50.7 Å². The van der Waals surface area contributed by atoms with Crippen molar-refractivity contribution in [1.29, 1.82) is 0 Å². The van der Waals surface area contributed by atoms with Crippen molar-refractivity contribution in [1.82, 2.24) is 4.90 Å². The Morgan fingerprint density at radius 1 is 1.18 bits per heavy atom. The second-order valence-electron chi connectivity index (χ2n) is 5.59. The molecule has 0 atom stereocenters. The van der Waals surface area contributed by atoms with Gasteiger partial charge in [-0.3, -0.25) is 4.90 Å². The summed E-state index contributed by atoms with van der Waals surface area (Å²) in [5, 5.41) is 0.834. The monoisotopic (exact) mass is 313 g/mol. The lowest BCUT2D eigenvalue weighted by Gasteiger charge is -2.34. The van der Waals surface area contributed by atoms with Gasteiger partial charge in [0.05, 0.1) is 6.54 Å². The van der Waals surface area contributed by atoms with Crippen LogP contribution in [0.25, 0.3) is 0 Å². The molecule has 2 aliphatic rings. The van der Waals surface area contributed by atoms with Gasteiger partial charge < -0.3 is 0 Å². The van der Waals surface area contributed by atoms with E-state index in [0.717, 1.165) is 43.9 Å². The van der Waals surface area contributed by atoms with E-state index in [2.05, 4.69) is 15.9 Å². The molecule has 0 saturated heterocycles. The Bertz CT molecular complexity index is 257. The average molecular weight is 314 g/mol. The van der Waals surface area contributed by atoms with Gasteiger partial charge >= 0.3 is 6.18 Å². The van der Waals surface area contributed by atoms with Gasteiger partial charge in [-0.2, -0.15) is 13.2 Å². The maximum absolute atomic E-state index is 12.5. The molecule has 0 heterocycles. The topological polar surface area (TPSA) is 3.24 Å². The van der Waals surface area contributed by atoms with Crippen LogP contribution >= 0.6 is 15.9 Å². The summed E-state index contributed by atoms with van der Waals surface area (Å²) in [4.78, 5) is 1.67. The maximum atomic E-state index is 12.5. The molecule has 0 amide bonds. The lowest BCUT2D eigenvalue weighted by molar-refractivity contribution is -0.150. The highest BCUT2D eigenvalue weighted by Gasteiger charge is 2.43. The molecule has 0 radical (unpaired) electrons. The first-order valence-electron chi connectivity index (χ1n) is 6.31. The molecule has 2 rings (SSSR count). The Kier molecular flexibility index (Phi) is 4.08. The van der Waals surface area contributed by atoms with Crippen LogP contribution in [0, 0.1) is 5.41 Å². The molecule has 2 fully saturated rings. The van der Waals surface area contributed by atoms with Gasteiger partial charge in [-0.1, -0.05) is 28.8 Å². The summed E-state index contributed by atoms with van der Waals surface area (Å²) in [6.07, 6.45) is 2.28. The second-order valence-corrected chi connectivity index (χ2v) is 6.15. The van der Waals surface area contributed by atoms with Gasteiger partial charge in [-0.15, -0.1) is 0 Å². The first kappa shape index (κ1) is 13.7. The lowest BCUT2D eigenvalue weighted by atomic mass is 9.88. The van der Waals surface area contributed by atoms with Gasteiger partial charge in [-0.05, 0) is 31.1 Å². The molecule has 1 nitrogen and oxygen atoms in total. The summed E-state index contributed by atoms with van der Waals surface area (Å²) in [7, 11) is 0. The van der Waals surface area contributed by atoms with Crippen molar-refractivity contribution < 1.29 is 13.2 Å². The Hall–Kier alpha value is 0.230. The van der Waals surface area contributed by atoms with Crippen LogP contribution in [0.1, 0.15) is 38.5 Å². The number of alkyl halides is 4. The zero-order valence-electron chi connectivity index (χ0n) is 9.90. The molecule has 0 aliphatic heterocycles. The fourth-order valence-electron chi connectivity index (χ4n) is 2.87. The summed E-state index contributed by atoms with van der Waals surface area (Å²) in [6, 6.07) is 0.188. The number of hydrogen-bond donors (Lipinski definition) is 0. The summed E-state index contributed by atoms with van der Waals surface area (Å²) in [5.74, 6) is 0. The number of nitrogens with zero attached hydrogens (tertiary/aromatic N) is 1. The van der Waals surface area contributed by atoms with Crippen LogP contribution in [0.2, 0.25) is 0 Å². The van der Waals surface area contributed by atoms with Crippen molar-refractivity contribution in [3.05, 3.63) is 0 Å². The Labute approximate surface area is 109 Å². The average Bonchev–Trinajstić information content (AvgIpc) is 2.98. The number of hydrogen-bond acceptors (Lipinski definition) is 1. The molecule has 100 valence electrons. The molecule has 0 aromatic carbocycles. The zero-order valence-corrected chi connectivity index (χ0v) is 11.5. The largest absolute Gasteiger partial charge is 0.401 e. The third kappa shape index (κ3) is 3.85. The van der Waals surface area contributed by atoms with Gasteiger partial charge in [0, 0.05) is 17.9 Å². The minimum atomic E-state index is -4.06. The molecule has 2 aliphatic carbocycles. The minimum Gasteiger partial charge on any atom is -0.291 e. The predicted molar refractivity (Wildman–Crippen MR) is 65.3 cm³/mol. The van der Waals surface area contributed by atoms with Crippen LogP contribution in [-0.2, 0) is 0 Å². The molecule has 0 unspecified atom stereocenters. The van der Waals surface area contributed by atoms with Gasteiger partial charge in [0.15, 0.2) is 0 Å². The van der Waals surface area contributed by atoms with E-state index in [0.29, 0.717) is 6.54 Å². The second kappa shape index (κ2) is 5.08. The molecule has 0 N–H and O–H groups in total. The number of halogens is 4. The van der Waals surface area contributed by atoms with Crippen LogP contribution in [0.5, 0.6) is 0 Å². The Morgan fingerprint density at radius 2 is 1.76 bits per heavy atom. The van der Waals surface area contributed by atoms with Gasteiger partial charge in [0.1, 0.15) is 0 Å². The molecule has 0 spiro atoms. The van der Waals surface area contributed by atoms with E-state index in [1.54, 1.807) is 4.90 Å². The molecular formula is C12H19BrF3N. The van der Waals surface area contributed by atoms with Crippen molar-refractivity contribution in [3.8, 4) is 0 Å². The summed E-state index contributed by atoms with van der Waals surface area (Å²) >= 11 is 3.50. The van der Waals surface area contributed by atoms with Gasteiger partial charge in [-0.25, -0.2) is 0 Å². The van der Waals surface area contributed by atoms with E-state index in [1.807, 2.05) is 0 Å². The molecule has 0 aromatic rings. The molecular weight excluding hydrogens is 295 g/mol. The van der Waals surface area contributed by atoms with Crippen LogP contribution in [0.3, 0.4) is 0 Å². The zero-order chi connectivity index (χ0) is 12.5. The summed E-state index contributed by atoms with van der Waals surface area (Å²) < 4.78 is 37.6. The third-order valence-corrected chi connectivity index (χ3v) is 5.12. The Balaban J connectivity index is 1.96. The fourth-order valence-corrected chi connectivity index (χ4v) is 3.61. The highest BCUT2D eigenvalue weighted by Crippen LogP contribution is 2.42. The van der Waals surface area contributed by atoms with Crippen molar-refractivity contribution in [2.24, 2.45) is 5.41 Å². The van der Waals surface area contributed by atoms with Crippen LogP contribution in [-0.4, -0.2) is 35.5 Å². The Morgan fingerprint density at radius 3 is 2.18 bits per heavy atom. The molecule has 0 bridgehead atoms. The maximum Gasteiger partial charge on any atom is 0.401 e. The van der Waals surface area contributed by atoms with Gasteiger partial charge in [0.2, 0.25) is 0 Å². The van der Waals surface area contributed by atoms with Crippen LogP contribution in [0.15, 0.2) is 0 Å². The molecule has 17 heavy (non-hydrogen) atoms. The SMILES string of the molecule is FC(F)(F)CN(CC1(CBr)CCCC1)C1CC1. The highest BCUT2D eigenvalue weighted by molar-refractivity contribution is 9.09. The van der Waals surface area contributed by atoms with Gasteiger partial charge in [0.25, 0.3) is 0 Å². The standard InChI is InChI=1S/C12H19BrF3N/c13-7-11(5-1-2-6-11)8-17(10-3-4-10)9-12(14,15)16/h10H,1-9H2. The van der Waals surface area contributed by atoms with E-state index >= 15 is 0 Å². The van der Waals surface area contributed by atoms with E-state index < -0.39 is 12.7 Å².